The smallest absolute Gasteiger partial charge is 0.253 e. The SMILES string of the molecule is CCNC(C)c1ccc(NC(=O)C(C)OC)cc1. The molecule has 0 aliphatic heterocycles. The largest absolute Gasteiger partial charge is 0.372 e. The van der Waals surface area contributed by atoms with Crippen LogP contribution in [0.25, 0.3) is 0 Å². The van der Waals surface area contributed by atoms with E-state index >= 15 is 0 Å². The van der Waals surface area contributed by atoms with E-state index < -0.39 is 6.10 Å². The van der Waals surface area contributed by atoms with Crippen molar-refractivity contribution in [2.45, 2.75) is 32.9 Å². The van der Waals surface area contributed by atoms with Crippen LogP contribution >= 0.6 is 0 Å². The van der Waals surface area contributed by atoms with Gasteiger partial charge >= 0.3 is 0 Å². The number of ether oxygens (including phenoxy) is 1. The minimum atomic E-state index is -0.439. The summed E-state index contributed by atoms with van der Waals surface area (Å²) in [6, 6.07) is 8.16. The van der Waals surface area contributed by atoms with Crippen molar-refractivity contribution in [3.05, 3.63) is 29.8 Å². The van der Waals surface area contributed by atoms with E-state index in [1.807, 2.05) is 24.3 Å². The molecular weight excluding hydrogens is 228 g/mol. The van der Waals surface area contributed by atoms with Gasteiger partial charge in [0, 0.05) is 18.8 Å². The van der Waals surface area contributed by atoms with E-state index in [9.17, 15) is 4.79 Å². The van der Waals surface area contributed by atoms with E-state index in [1.54, 1.807) is 6.92 Å². The van der Waals surface area contributed by atoms with Gasteiger partial charge in [0.15, 0.2) is 0 Å². The summed E-state index contributed by atoms with van der Waals surface area (Å²) in [4.78, 5) is 11.6. The van der Waals surface area contributed by atoms with Gasteiger partial charge in [-0.1, -0.05) is 19.1 Å². The van der Waals surface area contributed by atoms with Crippen LogP contribution < -0.4 is 10.6 Å². The van der Waals surface area contributed by atoms with Crippen molar-refractivity contribution in [2.24, 2.45) is 0 Å². The van der Waals surface area contributed by atoms with Crippen molar-refractivity contribution in [1.82, 2.24) is 5.32 Å². The quantitative estimate of drug-likeness (QED) is 0.814. The monoisotopic (exact) mass is 250 g/mol. The summed E-state index contributed by atoms with van der Waals surface area (Å²) in [5.74, 6) is -0.134. The fraction of sp³-hybridized carbons (Fsp3) is 0.500. The summed E-state index contributed by atoms with van der Waals surface area (Å²) in [7, 11) is 1.52. The highest BCUT2D eigenvalue weighted by Gasteiger charge is 2.11. The summed E-state index contributed by atoms with van der Waals surface area (Å²) in [5.41, 5.74) is 1.99. The van der Waals surface area contributed by atoms with Crippen molar-refractivity contribution in [3.8, 4) is 0 Å². The molecule has 1 aromatic rings. The fourth-order valence-electron chi connectivity index (χ4n) is 1.63. The Balaban J connectivity index is 2.63. The third kappa shape index (κ3) is 4.13. The normalized spacial score (nSPS) is 14.0. The van der Waals surface area contributed by atoms with Crippen LogP contribution in [0.4, 0.5) is 5.69 Å². The van der Waals surface area contributed by atoms with Crippen molar-refractivity contribution < 1.29 is 9.53 Å². The molecule has 2 N–H and O–H groups in total. The van der Waals surface area contributed by atoms with E-state index in [-0.39, 0.29) is 5.91 Å². The standard InChI is InChI=1S/C14H22N2O2/c1-5-15-10(2)12-6-8-13(9-7-12)16-14(17)11(3)18-4/h6-11,15H,5H2,1-4H3,(H,16,17). The molecule has 0 aliphatic carbocycles. The molecule has 1 rings (SSSR count). The number of methoxy groups -OCH3 is 1. The van der Waals surface area contributed by atoms with E-state index in [0.29, 0.717) is 6.04 Å². The van der Waals surface area contributed by atoms with Gasteiger partial charge in [-0.05, 0) is 38.1 Å². The predicted molar refractivity (Wildman–Crippen MR) is 73.6 cm³/mol. The summed E-state index contributed by atoms with van der Waals surface area (Å²) in [6.45, 7) is 6.85. The molecule has 0 fully saturated rings. The van der Waals surface area contributed by atoms with Gasteiger partial charge in [0.2, 0.25) is 0 Å². The zero-order valence-electron chi connectivity index (χ0n) is 11.5. The lowest BCUT2D eigenvalue weighted by Gasteiger charge is -2.14. The van der Waals surface area contributed by atoms with Crippen LogP contribution in [-0.2, 0) is 9.53 Å². The lowest BCUT2D eigenvalue weighted by molar-refractivity contribution is -0.124. The van der Waals surface area contributed by atoms with Gasteiger partial charge in [0.25, 0.3) is 5.91 Å². The number of rotatable bonds is 6. The van der Waals surface area contributed by atoms with Crippen LogP contribution in [0.2, 0.25) is 0 Å². The Labute approximate surface area is 109 Å². The highest BCUT2D eigenvalue weighted by Crippen LogP contribution is 2.16. The Morgan fingerprint density at radius 3 is 2.39 bits per heavy atom. The summed E-state index contributed by atoms with van der Waals surface area (Å²) < 4.78 is 4.96. The molecule has 0 aliphatic rings. The molecule has 0 saturated carbocycles. The average Bonchev–Trinajstić information content (AvgIpc) is 2.38. The molecule has 4 heteroatoms. The van der Waals surface area contributed by atoms with E-state index in [2.05, 4.69) is 24.5 Å². The number of carbonyl (C=O) groups excluding carboxylic acids is 1. The molecule has 1 aromatic carbocycles. The van der Waals surface area contributed by atoms with Crippen LogP contribution in [0.1, 0.15) is 32.4 Å². The number of hydrogen-bond donors (Lipinski definition) is 2. The Morgan fingerprint density at radius 1 is 1.28 bits per heavy atom. The predicted octanol–water partition coefficient (Wildman–Crippen LogP) is 2.33. The van der Waals surface area contributed by atoms with E-state index in [1.165, 1.54) is 12.7 Å². The second-order valence-electron chi connectivity index (χ2n) is 4.27. The van der Waals surface area contributed by atoms with Gasteiger partial charge in [-0.15, -0.1) is 0 Å². The summed E-state index contributed by atoms with van der Waals surface area (Å²) >= 11 is 0. The molecule has 100 valence electrons. The third-order valence-corrected chi connectivity index (χ3v) is 2.91. The molecule has 18 heavy (non-hydrogen) atoms. The van der Waals surface area contributed by atoms with Crippen LogP contribution in [-0.4, -0.2) is 25.7 Å². The van der Waals surface area contributed by atoms with Gasteiger partial charge in [0.1, 0.15) is 6.10 Å². The fourth-order valence-corrected chi connectivity index (χ4v) is 1.63. The molecule has 0 heterocycles. The molecule has 0 aromatic heterocycles. The summed E-state index contributed by atoms with van der Waals surface area (Å²) in [5, 5.41) is 6.15. The lowest BCUT2D eigenvalue weighted by Crippen LogP contribution is -2.26. The topological polar surface area (TPSA) is 50.4 Å². The van der Waals surface area contributed by atoms with Crippen molar-refractivity contribution in [1.29, 1.82) is 0 Å². The molecule has 0 radical (unpaired) electrons. The Hall–Kier alpha value is -1.39. The van der Waals surface area contributed by atoms with Crippen LogP contribution in [0.3, 0.4) is 0 Å². The Kier molecular flexibility index (Phi) is 5.82. The third-order valence-electron chi connectivity index (χ3n) is 2.91. The zero-order chi connectivity index (χ0) is 13.5. The minimum absolute atomic E-state index is 0.134. The number of amides is 1. The first kappa shape index (κ1) is 14.7. The Bertz CT molecular complexity index is 376. The minimum Gasteiger partial charge on any atom is -0.372 e. The number of hydrogen-bond acceptors (Lipinski definition) is 3. The maximum absolute atomic E-state index is 11.6. The van der Waals surface area contributed by atoms with Crippen molar-refractivity contribution in [3.63, 3.8) is 0 Å². The van der Waals surface area contributed by atoms with Crippen molar-refractivity contribution in [2.75, 3.05) is 19.0 Å². The molecular formula is C14H22N2O2. The number of benzene rings is 1. The molecule has 2 atom stereocenters. The Morgan fingerprint density at radius 2 is 1.89 bits per heavy atom. The second kappa shape index (κ2) is 7.13. The number of anilines is 1. The molecule has 2 unspecified atom stereocenters. The van der Waals surface area contributed by atoms with E-state index in [4.69, 9.17) is 4.74 Å². The van der Waals surface area contributed by atoms with Gasteiger partial charge < -0.3 is 15.4 Å². The van der Waals surface area contributed by atoms with Crippen LogP contribution in [0.15, 0.2) is 24.3 Å². The maximum Gasteiger partial charge on any atom is 0.253 e. The van der Waals surface area contributed by atoms with Gasteiger partial charge in [-0.25, -0.2) is 0 Å². The molecule has 0 saturated heterocycles. The first-order valence-electron chi connectivity index (χ1n) is 6.25. The van der Waals surface area contributed by atoms with Gasteiger partial charge in [0.05, 0.1) is 0 Å². The lowest BCUT2D eigenvalue weighted by atomic mass is 10.1. The van der Waals surface area contributed by atoms with Crippen molar-refractivity contribution >= 4 is 11.6 Å². The van der Waals surface area contributed by atoms with E-state index in [0.717, 1.165) is 12.2 Å². The highest BCUT2D eigenvalue weighted by atomic mass is 16.5. The highest BCUT2D eigenvalue weighted by molar-refractivity contribution is 5.93. The van der Waals surface area contributed by atoms with Gasteiger partial charge in [-0.3, -0.25) is 4.79 Å². The van der Waals surface area contributed by atoms with Crippen LogP contribution in [0, 0.1) is 0 Å². The number of carbonyl (C=O) groups is 1. The van der Waals surface area contributed by atoms with Gasteiger partial charge in [-0.2, -0.15) is 0 Å². The summed E-state index contributed by atoms with van der Waals surface area (Å²) in [6.07, 6.45) is -0.439. The number of nitrogens with one attached hydrogen (secondary N) is 2. The maximum atomic E-state index is 11.6. The average molecular weight is 250 g/mol. The first-order valence-corrected chi connectivity index (χ1v) is 6.25. The molecule has 1 amide bonds. The molecule has 0 bridgehead atoms. The second-order valence-corrected chi connectivity index (χ2v) is 4.27. The van der Waals surface area contributed by atoms with Crippen LogP contribution in [0.5, 0.6) is 0 Å². The first-order chi connectivity index (χ1) is 8.58. The molecule has 4 nitrogen and oxygen atoms in total. The zero-order valence-corrected chi connectivity index (χ0v) is 11.5. The molecule has 0 spiro atoms.